The van der Waals surface area contributed by atoms with Crippen LogP contribution in [0.25, 0.3) is 11.3 Å². The fourth-order valence-corrected chi connectivity index (χ4v) is 5.57. The van der Waals surface area contributed by atoms with Crippen LogP contribution in [0.1, 0.15) is 52.2 Å². The van der Waals surface area contributed by atoms with Gasteiger partial charge in [0.15, 0.2) is 11.6 Å². The first-order valence-electron chi connectivity index (χ1n) is 13.4. The highest BCUT2D eigenvalue weighted by Crippen LogP contribution is 2.42. The SMILES string of the molecule is C=CC(=O)N1CCC1COc1c(N)ncnc1-c1cc(F)cc(N2CCc3cc(C4CC4)ccc3C2=O)c1CO. The smallest absolute Gasteiger partial charge is 0.258 e. The molecule has 10 heteroatoms. The van der Waals surface area contributed by atoms with Crippen molar-refractivity contribution in [3.05, 3.63) is 77.4 Å². The predicted octanol–water partition coefficient (Wildman–Crippen LogP) is 3.60. The highest BCUT2D eigenvalue weighted by Gasteiger charge is 2.33. The zero-order chi connectivity index (χ0) is 28.0. The average molecular weight is 544 g/mol. The first-order valence-corrected chi connectivity index (χ1v) is 13.4. The molecule has 2 amide bonds. The number of fused-ring (bicyclic) bond motifs is 1. The third kappa shape index (κ3) is 4.58. The molecular weight excluding hydrogens is 513 g/mol. The predicted molar refractivity (Wildman–Crippen MR) is 147 cm³/mol. The van der Waals surface area contributed by atoms with Gasteiger partial charge < -0.3 is 25.4 Å². The number of anilines is 2. The number of carbonyl (C=O) groups excluding carboxylic acids is 2. The van der Waals surface area contributed by atoms with Gasteiger partial charge in [0.25, 0.3) is 5.91 Å². The van der Waals surface area contributed by atoms with E-state index in [4.69, 9.17) is 10.5 Å². The van der Waals surface area contributed by atoms with Gasteiger partial charge in [-0.3, -0.25) is 9.59 Å². The molecule has 0 radical (unpaired) electrons. The van der Waals surface area contributed by atoms with Crippen LogP contribution >= 0.6 is 0 Å². The number of benzene rings is 2. The van der Waals surface area contributed by atoms with E-state index in [1.807, 2.05) is 12.1 Å². The van der Waals surface area contributed by atoms with E-state index in [1.165, 1.54) is 47.8 Å². The van der Waals surface area contributed by atoms with Gasteiger partial charge in [0.1, 0.15) is 24.4 Å². The first kappa shape index (κ1) is 25.9. The number of carbonyl (C=O) groups is 2. The van der Waals surface area contributed by atoms with Crippen molar-refractivity contribution in [3.8, 4) is 17.0 Å². The second-order valence-corrected chi connectivity index (χ2v) is 10.4. The van der Waals surface area contributed by atoms with Crippen molar-refractivity contribution >= 4 is 23.3 Å². The molecule has 3 N–H and O–H groups in total. The summed E-state index contributed by atoms with van der Waals surface area (Å²) in [6, 6.07) is 8.30. The van der Waals surface area contributed by atoms with Crippen molar-refractivity contribution in [1.29, 1.82) is 0 Å². The number of nitrogens with two attached hydrogens (primary N) is 1. The van der Waals surface area contributed by atoms with E-state index < -0.39 is 12.4 Å². The molecule has 2 aliphatic heterocycles. The number of likely N-dealkylation sites (tertiary alicyclic amines) is 1. The number of hydrogen-bond donors (Lipinski definition) is 2. The summed E-state index contributed by atoms with van der Waals surface area (Å²) in [6.07, 6.45) is 6.21. The third-order valence-electron chi connectivity index (χ3n) is 8.01. The summed E-state index contributed by atoms with van der Waals surface area (Å²) in [7, 11) is 0. The minimum Gasteiger partial charge on any atom is -0.485 e. The van der Waals surface area contributed by atoms with Crippen LogP contribution in [0, 0.1) is 5.82 Å². The second kappa shape index (κ2) is 10.3. The number of nitrogen functional groups attached to an aromatic ring is 1. The Balaban J connectivity index is 1.34. The monoisotopic (exact) mass is 543 g/mol. The number of halogens is 1. The van der Waals surface area contributed by atoms with Gasteiger partial charge in [-0.15, -0.1) is 0 Å². The Morgan fingerprint density at radius 2 is 2.00 bits per heavy atom. The van der Waals surface area contributed by atoms with E-state index in [0.717, 1.165) is 12.0 Å². The van der Waals surface area contributed by atoms with Crippen molar-refractivity contribution in [1.82, 2.24) is 14.9 Å². The molecule has 2 aromatic carbocycles. The molecule has 1 atom stereocenters. The lowest BCUT2D eigenvalue weighted by Crippen LogP contribution is -2.53. The summed E-state index contributed by atoms with van der Waals surface area (Å²) < 4.78 is 21.2. The zero-order valence-electron chi connectivity index (χ0n) is 22.0. The van der Waals surface area contributed by atoms with Gasteiger partial charge in [-0.1, -0.05) is 18.7 Å². The van der Waals surface area contributed by atoms with E-state index in [2.05, 4.69) is 22.6 Å². The molecule has 1 unspecified atom stereocenters. The maximum absolute atomic E-state index is 15.2. The summed E-state index contributed by atoms with van der Waals surface area (Å²) in [5.74, 6) is -0.298. The molecule has 9 nitrogen and oxygen atoms in total. The van der Waals surface area contributed by atoms with Crippen LogP contribution in [0.3, 0.4) is 0 Å². The van der Waals surface area contributed by atoms with E-state index in [-0.39, 0.29) is 53.0 Å². The topological polar surface area (TPSA) is 122 Å². The lowest BCUT2D eigenvalue weighted by molar-refractivity contribution is -0.134. The fourth-order valence-electron chi connectivity index (χ4n) is 5.57. The summed E-state index contributed by atoms with van der Waals surface area (Å²) in [6.45, 7) is 4.13. The molecule has 206 valence electrons. The Labute approximate surface area is 231 Å². The molecule has 3 aromatic rings. The number of aromatic nitrogens is 2. The summed E-state index contributed by atoms with van der Waals surface area (Å²) in [5.41, 5.74) is 10.0. The highest BCUT2D eigenvalue weighted by atomic mass is 19.1. The standard InChI is InChI=1S/C30H30FN5O4/c1-2-26(38)35-10-8-21(35)15-40-28-27(33-16-34-29(28)32)23-12-20(31)13-25(24(23)14-37)36-9-7-19-11-18(17-3-4-17)5-6-22(19)30(36)39/h2,5-6,11-13,16-17,21,37H,1,3-4,7-10,14-15H2,(H2,32,33,34). The Kier molecular flexibility index (Phi) is 6.71. The highest BCUT2D eigenvalue weighted by molar-refractivity contribution is 6.09. The van der Waals surface area contributed by atoms with Crippen molar-refractivity contribution < 1.29 is 23.8 Å². The summed E-state index contributed by atoms with van der Waals surface area (Å²) in [4.78, 5) is 37.1. The normalized spacial score (nSPS) is 18.2. The van der Waals surface area contributed by atoms with Crippen LogP contribution in [-0.4, -0.2) is 57.5 Å². The number of nitrogens with zero attached hydrogens (tertiary/aromatic N) is 4. The maximum atomic E-state index is 15.2. The molecule has 2 fully saturated rings. The largest absolute Gasteiger partial charge is 0.485 e. The van der Waals surface area contributed by atoms with Gasteiger partial charge in [0, 0.05) is 29.8 Å². The molecule has 40 heavy (non-hydrogen) atoms. The van der Waals surface area contributed by atoms with Gasteiger partial charge in [0.05, 0.1) is 18.3 Å². The quantitative estimate of drug-likeness (QED) is 0.416. The average Bonchev–Trinajstić information content (AvgIpc) is 3.78. The number of ether oxygens (including phenoxy) is 1. The molecule has 3 aliphatic rings. The van der Waals surface area contributed by atoms with Crippen molar-refractivity contribution in [2.75, 3.05) is 30.3 Å². The number of aliphatic hydroxyl groups excluding tert-OH is 1. The molecule has 1 aliphatic carbocycles. The van der Waals surface area contributed by atoms with Gasteiger partial charge >= 0.3 is 0 Å². The van der Waals surface area contributed by atoms with Crippen LogP contribution in [0.2, 0.25) is 0 Å². The maximum Gasteiger partial charge on any atom is 0.258 e. The minimum absolute atomic E-state index is 0.0371. The van der Waals surface area contributed by atoms with Crippen molar-refractivity contribution in [2.24, 2.45) is 0 Å². The number of aliphatic hydroxyl groups is 1. The van der Waals surface area contributed by atoms with Crippen molar-refractivity contribution in [3.63, 3.8) is 0 Å². The Bertz CT molecular complexity index is 1520. The van der Waals surface area contributed by atoms with Crippen LogP contribution in [0.5, 0.6) is 5.75 Å². The molecule has 6 rings (SSSR count). The second-order valence-electron chi connectivity index (χ2n) is 10.4. The minimum atomic E-state index is -0.602. The van der Waals surface area contributed by atoms with Crippen LogP contribution in [0.4, 0.5) is 15.9 Å². The lowest BCUT2D eigenvalue weighted by Gasteiger charge is -2.40. The van der Waals surface area contributed by atoms with Crippen LogP contribution in [-0.2, 0) is 17.8 Å². The Morgan fingerprint density at radius 3 is 2.70 bits per heavy atom. The van der Waals surface area contributed by atoms with E-state index in [0.29, 0.717) is 36.6 Å². The molecule has 3 heterocycles. The summed E-state index contributed by atoms with van der Waals surface area (Å²) >= 11 is 0. The van der Waals surface area contributed by atoms with Gasteiger partial charge in [0.2, 0.25) is 5.91 Å². The van der Waals surface area contributed by atoms with Gasteiger partial charge in [-0.25, -0.2) is 14.4 Å². The zero-order valence-corrected chi connectivity index (χ0v) is 22.0. The van der Waals surface area contributed by atoms with Gasteiger partial charge in [-0.05, 0) is 67.0 Å². The van der Waals surface area contributed by atoms with E-state index in [1.54, 1.807) is 4.90 Å². The number of hydrogen-bond acceptors (Lipinski definition) is 7. The lowest BCUT2D eigenvalue weighted by atomic mass is 9.93. The molecule has 1 saturated carbocycles. The van der Waals surface area contributed by atoms with E-state index >= 15 is 4.39 Å². The molecule has 1 aromatic heterocycles. The summed E-state index contributed by atoms with van der Waals surface area (Å²) in [5, 5.41) is 10.5. The molecule has 1 saturated heterocycles. The molecular formula is C30H30FN5O4. The van der Waals surface area contributed by atoms with Crippen LogP contribution in [0.15, 0.2) is 49.3 Å². The molecule has 0 bridgehead atoms. The number of rotatable bonds is 8. The Morgan fingerprint density at radius 1 is 1.18 bits per heavy atom. The Hall–Kier alpha value is -4.31. The van der Waals surface area contributed by atoms with Crippen LogP contribution < -0.4 is 15.4 Å². The first-order chi connectivity index (χ1) is 19.4. The third-order valence-corrected chi connectivity index (χ3v) is 8.01. The van der Waals surface area contributed by atoms with E-state index in [9.17, 15) is 14.7 Å². The van der Waals surface area contributed by atoms with Crippen molar-refractivity contribution in [2.45, 2.75) is 44.2 Å². The number of amides is 2. The molecule has 0 spiro atoms. The fraction of sp³-hybridized carbons (Fsp3) is 0.333. The van der Waals surface area contributed by atoms with Gasteiger partial charge in [-0.2, -0.15) is 0 Å².